The molecule has 1 aliphatic heterocycles. The average Bonchev–Trinajstić information content (AvgIpc) is 2.35. The van der Waals surface area contributed by atoms with E-state index in [4.69, 9.17) is 14.2 Å². The van der Waals surface area contributed by atoms with Gasteiger partial charge in [-0.05, 0) is 0 Å². The summed E-state index contributed by atoms with van der Waals surface area (Å²) in [7, 11) is -6.20. The third-order valence-electron chi connectivity index (χ3n) is 2.51. The molecule has 1 aliphatic rings. The van der Waals surface area contributed by atoms with Crippen molar-refractivity contribution in [2.24, 2.45) is 0 Å². The second-order valence-corrected chi connectivity index (χ2v) is 9.57. The third-order valence-corrected chi connectivity index (χ3v) is 7.17. The number of hydrogen-bond acceptors (Lipinski definition) is 5. The molecule has 0 atom stereocenters. The summed E-state index contributed by atoms with van der Waals surface area (Å²) in [5.41, 5.74) is 0. The SMILES string of the molecule is OC[PH]1(O)CO[PH](O)(c2ccccc2)OC1. The van der Waals surface area contributed by atoms with Gasteiger partial charge >= 0.3 is 94.1 Å². The molecule has 0 bridgehead atoms. The van der Waals surface area contributed by atoms with Crippen molar-refractivity contribution in [3.05, 3.63) is 30.3 Å². The monoisotopic (exact) mass is 266 g/mol. The molecule has 0 saturated carbocycles. The quantitative estimate of drug-likeness (QED) is 0.674. The van der Waals surface area contributed by atoms with E-state index in [1.54, 1.807) is 24.3 Å². The fourth-order valence-electron chi connectivity index (χ4n) is 1.45. The summed E-state index contributed by atoms with van der Waals surface area (Å²) in [4.78, 5) is 20.0. The summed E-state index contributed by atoms with van der Waals surface area (Å²) >= 11 is 0. The molecule has 1 fully saturated rings. The van der Waals surface area contributed by atoms with Gasteiger partial charge in [0.2, 0.25) is 0 Å². The van der Waals surface area contributed by atoms with Crippen LogP contribution in [0.4, 0.5) is 0 Å². The average molecular weight is 266 g/mol. The molecule has 0 aromatic heterocycles. The molecule has 1 saturated heterocycles. The second kappa shape index (κ2) is 4.63. The summed E-state index contributed by atoms with van der Waals surface area (Å²) in [5.74, 6) is 0. The van der Waals surface area contributed by atoms with Crippen LogP contribution >= 0.6 is 15.4 Å². The molecule has 0 unspecified atom stereocenters. The normalized spacial score (nSPS) is 26.9. The molecule has 1 aromatic rings. The van der Waals surface area contributed by atoms with Crippen molar-refractivity contribution in [1.29, 1.82) is 0 Å². The number of rotatable bonds is 2. The first-order chi connectivity index (χ1) is 7.58. The fourth-order valence-corrected chi connectivity index (χ4v) is 6.47. The Morgan fingerprint density at radius 2 is 1.62 bits per heavy atom. The van der Waals surface area contributed by atoms with Crippen LogP contribution in [0.5, 0.6) is 0 Å². The molecule has 3 N–H and O–H groups in total. The van der Waals surface area contributed by atoms with Gasteiger partial charge in [0.15, 0.2) is 0 Å². The molecule has 0 radical (unpaired) electrons. The van der Waals surface area contributed by atoms with Gasteiger partial charge in [-0.25, -0.2) is 0 Å². The number of benzene rings is 1. The van der Waals surface area contributed by atoms with Crippen LogP contribution in [0.3, 0.4) is 0 Å². The fraction of sp³-hybridized carbons (Fsp3) is 0.333. The Hall–Kier alpha value is -0.120. The molecular formula is C9H16O5P2. The van der Waals surface area contributed by atoms with Crippen molar-refractivity contribution >= 4 is 20.7 Å². The minimum absolute atomic E-state index is 0.0150. The zero-order chi connectivity index (χ0) is 11.6. The summed E-state index contributed by atoms with van der Waals surface area (Å²) in [5, 5.41) is 9.59. The van der Waals surface area contributed by atoms with Crippen molar-refractivity contribution in [3.8, 4) is 0 Å². The van der Waals surface area contributed by atoms with Gasteiger partial charge in [0, 0.05) is 0 Å². The van der Waals surface area contributed by atoms with Gasteiger partial charge in [-0.3, -0.25) is 0 Å². The summed E-state index contributed by atoms with van der Waals surface area (Å²) in [6.45, 7) is 0. The van der Waals surface area contributed by atoms with Crippen molar-refractivity contribution in [3.63, 3.8) is 0 Å². The molecule has 92 valence electrons. The maximum atomic E-state index is 10.2. The van der Waals surface area contributed by atoms with Crippen LogP contribution in [0.1, 0.15) is 0 Å². The Bertz CT molecular complexity index is 350. The van der Waals surface area contributed by atoms with E-state index in [1.807, 2.05) is 6.07 Å². The predicted octanol–water partition coefficient (Wildman–Crippen LogP) is 0.368. The first-order valence-electron chi connectivity index (χ1n) is 4.97. The number of aliphatic hydroxyl groups is 1. The van der Waals surface area contributed by atoms with E-state index < -0.39 is 15.4 Å². The summed E-state index contributed by atoms with van der Waals surface area (Å²) < 4.78 is 10.6. The van der Waals surface area contributed by atoms with Crippen LogP contribution in [0.25, 0.3) is 0 Å². The van der Waals surface area contributed by atoms with E-state index >= 15 is 0 Å². The first-order valence-corrected chi connectivity index (χ1v) is 9.30. The summed E-state index contributed by atoms with van der Waals surface area (Å²) in [6.07, 6.45) is -0.283. The molecule has 7 heteroatoms. The van der Waals surface area contributed by atoms with Gasteiger partial charge in [-0.2, -0.15) is 0 Å². The third kappa shape index (κ3) is 2.41. The molecule has 0 aliphatic carbocycles. The Morgan fingerprint density at radius 3 is 2.12 bits per heavy atom. The maximum absolute atomic E-state index is 10.2. The molecule has 1 heterocycles. The predicted molar refractivity (Wildman–Crippen MR) is 66.1 cm³/mol. The Kier molecular flexibility index (Phi) is 3.57. The van der Waals surface area contributed by atoms with E-state index in [9.17, 15) is 9.79 Å². The topological polar surface area (TPSA) is 79.2 Å². The van der Waals surface area contributed by atoms with Gasteiger partial charge < -0.3 is 0 Å². The van der Waals surface area contributed by atoms with Gasteiger partial charge in [0.25, 0.3) is 0 Å². The van der Waals surface area contributed by atoms with E-state index in [0.29, 0.717) is 5.30 Å². The van der Waals surface area contributed by atoms with Crippen LogP contribution < -0.4 is 5.30 Å². The molecular weight excluding hydrogens is 250 g/mol. The molecule has 5 nitrogen and oxygen atoms in total. The number of aliphatic hydroxyl groups excluding tert-OH is 1. The van der Waals surface area contributed by atoms with Crippen LogP contribution in [-0.4, -0.2) is 33.9 Å². The standard InChI is InChI=1S/C9H16O5P2/c10-6-15(11)7-13-16(12,14-8-15)9-4-2-1-3-5-9/h1-5,10-12,15-16H,6-8H2. The van der Waals surface area contributed by atoms with Gasteiger partial charge in [-0.15, -0.1) is 0 Å². The molecule has 0 amide bonds. The zero-order valence-electron chi connectivity index (χ0n) is 8.67. The Balaban J connectivity index is 2.13. The number of hydrogen-bond donors (Lipinski definition) is 3. The van der Waals surface area contributed by atoms with E-state index in [2.05, 4.69) is 0 Å². The zero-order valence-corrected chi connectivity index (χ0v) is 10.7. The summed E-state index contributed by atoms with van der Waals surface area (Å²) in [6, 6.07) is 8.88. The minimum atomic E-state index is -3.35. The van der Waals surface area contributed by atoms with Crippen LogP contribution in [0.15, 0.2) is 30.3 Å². The second-order valence-electron chi connectivity index (χ2n) is 3.91. The Morgan fingerprint density at radius 1 is 1.06 bits per heavy atom. The molecule has 0 spiro atoms. The first kappa shape index (κ1) is 12.3. The molecule has 2 rings (SSSR count). The van der Waals surface area contributed by atoms with Crippen molar-refractivity contribution in [2.45, 2.75) is 0 Å². The van der Waals surface area contributed by atoms with E-state index in [0.717, 1.165) is 0 Å². The van der Waals surface area contributed by atoms with Crippen LogP contribution in [-0.2, 0) is 9.05 Å². The van der Waals surface area contributed by atoms with Crippen LogP contribution in [0, 0.1) is 0 Å². The van der Waals surface area contributed by atoms with Gasteiger partial charge in [0.1, 0.15) is 0 Å². The van der Waals surface area contributed by atoms with Crippen molar-refractivity contribution < 1.29 is 23.9 Å². The van der Waals surface area contributed by atoms with Crippen molar-refractivity contribution in [1.82, 2.24) is 0 Å². The molecule has 16 heavy (non-hydrogen) atoms. The van der Waals surface area contributed by atoms with Crippen molar-refractivity contribution in [2.75, 3.05) is 19.0 Å². The Labute approximate surface area is 94.6 Å². The molecule has 1 aromatic carbocycles. The van der Waals surface area contributed by atoms with E-state index in [1.165, 1.54) is 0 Å². The van der Waals surface area contributed by atoms with Crippen LogP contribution in [0.2, 0.25) is 0 Å². The van der Waals surface area contributed by atoms with E-state index in [-0.39, 0.29) is 19.0 Å². The van der Waals surface area contributed by atoms with Gasteiger partial charge in [-0.1, -0.05) is 0 Å². The van der Waals surface area contributed by atoms with Gasteiger partial charge in [0.05, 0.1) is 0 Å².